The van der Waals surface area contributed by atoms with Gasteiger partial charge in [-0.25, -0.2) is 0 Å². The highest BCUT2D eigenvalue weighted by atomic mass is 35.5. The van der Waals surface area contributed by atoms with Crippen molar-refractivity contribution in [3.63, 3.8) is 0 Å². The van der Waals surface area contributed by atoms with Gasteiger partial charge >= 0.3 is 0 Å². The van der Waals surface area contributed by atoms with E-state index in [1.165, 1.54) is 28.2 Å². The molecule has 3 rings (SSSR count). The molecule has 88 valence electrons. The fraction of sp³-hybridized carbons (Fsp3) is 0.286. The number of nitrogens with two attached hydrogens (primary N) is 1. The normalized spacial score (nSPS) is 17.1. The third-order valence-corrected chi connectivity index (χ3v) is 5.13. The lowest BCUT2D eigenvalue weighted by molar-refractivity contribution is 0.720. The Morgan fingerprint density at radius 1 is 1.12 bits per heavy atom. The minimum atomic E-state index is 0.301. The monoisotopic (exact) mass is 263 g/mol. The maximum Gasteiger partial charge on any atom is 0.0406 e. The lowest BCUT2D eigenvalue weighted by Gasteiger charge is -2.08. The van der Waals surface area contributed by atoms with Crippen molar-refractivity contribution in [2.45, 2.75) is 18.3 Å². The Labute approximate surface area is 110 Å². The molecule has 0 bridgehead atoms. The van der Waals surface area contributed by atoms with Crippen molar-refractivity contribution in [3.05, 3.63) is 46.3 Å². The Morgan fingerprint density at radius 2 is 1.82 bits per heavy atom. The van der Waals surface area contributed by atoms with Crippen molar-refractivity contribution in [1.29, 1.82) is 0 Å². The molecule has 2 N–H and O–H groups in total. The predicted molar refractivity (Wildman–Crippen MR) is 74.7 cm³/mol. The van der Waals surface area contributed by atoms with E-state index >= 15 is 0 Å². The number of hydrogen-bond acceptors (Lipinski definition) is 2. The van der Waals surface area contributed by atoms with Crippen LogP contribution in [-0.4, -0.2) is 6.54 Å². The largest absolute Gasteiger partial charge is 0.330 e. The van der Waals surface area contributed by atoms with Crippen LogP contribution in [0.25, 0.3) is 10.4 Å². The summed E-state index contributed by atoms with van der Waals surface area (Å²) in [4.78, 5) is 2.74. The van der Waals surface area contributed by atoms with Gasteiger partial charge in [0.05, 0.1) is 0 Å². The van der Waals surface area contributed by atoms with Gasteiger partial charge in [0.15, 0.2) is 0 Å². The molecule has 0 saturated heterocycles. The summed E-state index contributed by atoms with van der Waals surface area (Å²) < 4.78 is 0. The van der Waals surface area contributed by atoms with Crippen molar-refractivity contribution in [3.8, 4) is 10.4 Å². The van der Waals surface area contributed by atoms with Crippen LogP contribution in [0, 0.1) is 0 Å². The maximum absolute atomic E-state index is 5.90. The van der Waals surface area contributed by atoms with Crippen LogP contribution in [0.15, 0.2) is 36.4 Å². The smallest absolute Gasteiger partial charge is 0.0406 e. The zero-order valence-corrected chi connectivity index (χ0v) is 11.0. The molecule has 1 nitrogen and oxygen atoms in total. The van der Waals surface area contributed by atoms with Crippen LogP contribution >= 0.6 is 22.9 Å². The van der Waals surface area contributed by atoms with Crippen LogP contribution in [0.3, 0.4) is 0 Å². The Bertz CT molecular complexity index is 525. The lowest BCUT2D eigenvalue weighted by atomic mass is 10.1. The van der Waals surface area contributed by atoms with E-state index in [1.54, 1.807) is 0 Å². The van der Waals surface area contributed by atoms with E-state index in [1.807, 2.05) is 23.5 Å². The molecule has 0 unspecified atom stereocenters. The molecule has 1 heterocycles. The summed E-state index contributed by atoms with van der Waals surface area (Å²) >= 11 is 7.76. The summed E-state index contributed by atoms with van der Waals surface area (Å²) in [6, 6.07) is 12.4. The van der Waals surface area contributed by atoms with Gasteiger partial charge in [-0.05, 0) is 42.7 Å². The molecule has 1 aromatic carbocycles. The molecule has 3 heteroatoms. The third-order valence-electron chi connectivity index (χ3n) is 3.50. The van der Waals surface area contributed by atoms with Crippen molar-refractivity contribution in [2.75, 3.05) is 6.54 Å². The zero-order chi connectivity index (χ0) is 11.9. The number of thiophene rings is 1. The van der Waals surface area contributed by atoms with E-state index in [2.05, 4.69) is 24.3 Å². The first-order valence-corrected chi connectivity index (χ1v) is 6.99. The molecule has 0 atom stereocenters. The van der Waals surface area contributed by atoms with Gasteiger partial charge in [0.1, 0.15) is 0 Å². The van der Waals surface area contributed by atoms with Gasteiger partial charge in [0, 0.05) is 26.7 Å². The van der Waals surface area contributed by atoms with Gasteiger partial charge in [-0.2, -0.15) is 0 Å². The average Bonchev–Trinajstić information content (AvgIpc) is 3.00. The van der Waals surface area contributed by atoms with Gasteiger partial charge < -0.3 is 5.73 Å². The molecule has 1 aliphatic carbocycles. The highest BCUT2D eigenvalue weighted by Gasteiger charge is 2.43. The Kier molecular flexibility index (Phi) is 2.74. The maximum atomic E-state index is 5.90. The fourth-order valence-corrected chi connectivity index (χ4v) is 3.49. The second-order valence-electron chi connectivity index (χ2n) is 4.66. The van der Waals surface area contributed by atoms with Gasteiger partial charge in [-0.1, -0.05) is 23.7 Å². The number of halogens is 1. The molecular formula is C14H14ClNS. The molecule has 0 amide bonds. The molecule has 1 fully saturated rings. The predicted octanol–water partition coefficient (Wildman–Crippen LogP) is 4.06. The Balaban J connectivity index is 1.92. The average molecular weight is 264 g/mol. The molecule has 1 aromatic heterocycles. The van der Waals surface area contributed by atoms with Crippen molar-refractivity contribution in [1.82, 2.24) is 0 Å². The fourth-order valence-electron chi connectivity index (χ4n) is 2.09. The van der Waals surface area contributed by atoms with E-state index in [-0.39, 0.29) is 0 Å². The van der Waals surface area contributed by atoms with Crippen LogP contribution in [0.1, 0.15) is 17.7 Å². The first-order valence-electron chi connectivity index (χ1n) is 5.80. The quantitative estimate of drug-likeness (QED) is 0.888. The van der Waals surface area contributed by atoms with Crippen molar-refractivity contribution >= 4 is 22.9 Å². The van der Waals surface area contributed by atoms with Crippen LogP contribution in [0.2, 0.25) is 5.02 Å². The molecule has 1 aliphatic rings. The molecule has 0 radical (unpaired) electrons. The summed E-state index contributed by atoms with van der Waals surface area (Å²) in [7, 11) is 0. The van der Waals surface area contributed by atoms with E-state index in [4.69, 9.17) is 17.3 Å². The lowest BCUT2D eigenvalue weighted by Crippen LogP contribution is -2.18. The minimum absolute atomic E-state index is 0.301. The Morgan fingerprint density at radius 3 is 2.41 bits per heavy atom. The van der Waals surface area contributed by atoms with E-state index in [0.29, 0.717) is 5.41 Å². The van der Waals surface area contributed by atoms with Crippen molar-refractivity contribution in [2.24, 2.45) is 5.73 Å². The summed E-state index contributed by atoms with van der Waals surface area (Å²) in [6.45, 7) is 0.771. The topological polar surface area (TPSA) is 26.0 Å². The molecule has 17 heavy (non-hydrogen) atoms. The van der Waals surface area contributed by atoms with E-state index < -0.39 is 0 Å². The number of benzene rings is 1. The van der Waals surface area contributed by atoms with Gasteiger partial charge in [-0.15, -0.1) is 11.3 Å². The molecule has 2 aromatic rings. The second-order valence-corrected chi connectivity index (χ2v) is 6.18. The second kappa shape index (κ2) is 4.13. The SMILES string of the molecule is NCC1(c2ccc(-c3ccc(Cl)cc3)s2)CC1. The van der Waals surface area contributed by atoms with Crippen LogP contribution in [0.4, 0.5) is 0 Å². The van der Waals surface area contributed by atoms with Crippen LogP contribution < -0.4 is 5.73 Å². The molecule has 1 saturated carbocycles. The van der Waals surface area contributed by atoms with Crippen LogP contribution in [-0.2, 0) is 5.41 Å². The number of rotatable bonds is 3. The molecule has 0 spiro atoms. The zero-order valence-electron chi connectivity index (χ0n) is 9.45. The van der Waals surface area contributed by atoms with Crippen molar-refractivity contribution < 1.29 is 0 Å². The highest BCUT2D eigenvalue weighted by Crippen LogP contribution is 2.50. The Hall–Kier alpha value is -0.830. The first-order chi connectivity index (χ1) is 8.23. The summed E-state index contributed by atoms with van der Waals surface area (Å²) in [6.07, 6.45) is 2.48. The summed E-state index contributed by atoms with van der Waals surface area (Å²) in [5.74, 6) is 0. The van der Waals surface area contributed by atoms with Gasteiger partial charge in [0.25, 0.3) is 0 Å². The highest BCUT2D eigenvalue weighted by molar-refractivity contribution is 7.15. The molecule has 0 aliphatic heterocycles. The van der Waals surface area contributed by atoms with E-state index in [9.17, 15) is 0 Å². The van der Waals surface area contributed by atoms with Crippen LogP contribution in [0.5, 0.6) is 0 Å². The van der Waals surface area contributed by atoms with Gasteiger partial charge in [0.2, 0.25) is 0 Å². The van der Waals surface area contributed by atoms with E-state index in [0.717, 1.165) is 11.6 Å². The standard InChI is InChI=1S/C14H14ClNS/c15-11-3-1-10(2-4-11)12-5-6-13(17-12)14(9-16)7-8-14/h1-6H,7-9,16H2. The summed E-state index contributed by atoms with van der Waals surface area (Å²) in [5.41, 5.74) is 7.39. The number of hydrogen-bond donors (Lipinski definition) is 1. The first kappa shape index (κ1) is 11.3. The third kappa shape index (κ3) is 2.01. The summed E-state index contributed by atoms with van der Waals surface area (Å²) in [5, 5.41) is 0.783. The minimum Gasteiger partial charge on any atom is -0.330 e. The van der Waals surface area contributed by atoms with Gasteiger partial charge in [-0.3, -0.25) is 0 Å². The molecular weight excluding hydrogens is 250 g/mol.